The van der Waals surface area contributed by atoms with Crippen molar-refractivity contribution < 1.29 is 4.79 Å². The molecule has 2 rings (SSSR count). The Morgan fingerprint density at radius 2 is 2.15 bits per heavy atom. The maximum atomic E-state index is 11.4. The van der Waals surface area contributed by atoms with Crippen molar-refractivity contribution in [2.24, 2.45) is 5.73 Å². The van der Waals surface area contributed by atoms with E-state index >= 15 is 0 Å². The molecule has 4 nitrogen and oxygen atoms in total. The predicted octanol–water partition coefficient (Wildman–Crippen LogP) is 0.469. The second kappa shape index (κ2) is 2.58. The summed E-state index contributed by atoms with van der Waals surface area (Å²) in [7, 11) is 0. The first-order chi connectivity index (χ1) is 6.20. The van der Waals surface area contributed by atoms with E-state index in [4.69, 9.17) is 11.1 Å². The van der Waals surface area contributed by atoms with Crippen LogP contribution in [0.2, 0.25) is 0 Å². The molecule has 1 aliphatic rings. The van der Waals surface area contributed by atoms with Gasteiger partial charge in [-0.3, -0.25) is 15.1 Å². The lowest BCUT2D eigenvalue weighted by Gasteiger charge is -2.13. The summed E-state index contributed by atoms with van der Waals surface area (Å²) in [5.74, 6) is -0.344. The van der Waals surface area contributed by atoms with Crippen molar-refractivity contribution in [1.29, 1.82) is 5.41 Å². The lowest BCUT2D eigenvalue weighted by atomic mass is 10.2. The van der Waals surface area contributed by atoms with Crippen LogP contribution in [0.3, 0.4) is 0 Å². The fraction of sp³-hybridized carbons (Fsp3) is 0.111. The number of carbonyl (C=O) groups is 1. The number of hydrogen-bond donors (Lipinski definition) is 2. The van der Waals surface area contributed by atoms with Gasteiger partial charge in [0.2, 0.25) is 5.91 Å². The first-order valence-electron chi connectivity index (χ1n) is 3.95. The van der Waals surface area contributed by atoms with E-state index in [9.17, 15) is 4.79 Å². The normalized spacial score (nSPS) is 14.5. The van der Waals surface area contributed by atoms with Crippen LogP contribution < -0.4 is 10.6 Å². The third-order valence-electron chi connectivity index (χ3n) is 2.06. The van der Waals surface area contributed by atoms with Crippen LogP contribution in [0.15, 0.2) is 24.3 Å². The van der Waals surface area contributed by atoms with Crippen LogP contribution in [0.25, 0.3) is 0 Å². The number of guanidine groups is 1. The molecule has 1 aliphatic heterocycles. The molecule has 0 aromatic heterocycles. The van der Waals surface area contributed by atoms with Crippen LogP contribution in [0.4, 0.5) is 5.69 Å². The summed E-state index contributed by atoms with van der Waals surface area (Å²) in [6.07, 6.45) is 0.343. The Kier molecular flexibility index (Phi) is 1.55. The van der Waals surface area contributed by atoms with Crippen molar-refractivity contribution in [3.8, 4) is 0 Å². The minimum Gasteiger partial charge on any atom is -0.369 e. The Hall–Kier alpha value is -1.84. The lowest BCUT2D eigenvalue weighted by Crippen LogP contribution is -2.38. The summed E-state index contributed by atoms with van der Waals surface area (Å²) in [6.45, 7) is 0. The van der Waals surface area contributed by atoms with Gasteiger partial charge in [0.1, 0.15) is 0 Å². The standard InChI is InChI=1S/C9H9N3O/c10-9(11)12-7-4-2-1-3-6(7)5-8(12)13/h1-4H,5H2,(H3,10,11). The average Bonchev–Trinajstić information content (AvgIpc) is 2.39. The zero-order valence-corrected chi connectivity index (χ0v) is 6.95. The number of carbonyl (C=O) groups excluding carboxylic acids is 1. The monoisotopic (exact) mass is 175 g/mol. The van der Waals surface area contributed by atoms with E-state index in [0.717, 1.165) is 11.3 Å². The molecule has 0 unspecified atom stereocenters. The molecule has 1 amide bonds. The molecule has 0 saturated carbocycles. The lowest BCUT2D eigenvalue weighted by molar-refractivity contribution is -0.116. The molecule has 1 heterocycles. The highest BCUT2D eigenvalue weighted by atomic mass is 16.2. The Balaban J connectivity index is 2.52. The van der Waals surface area contributed by atoms with Crippen LogP contribution in [0.5, 0.6) is 0 Å². The van der Waals surface area contributed by atoms with Gasteiger partial charge in [0, 0.05) is 0 Å². The molecule has 0 fully saturated rings. The molecule has 13 heavy (non-hydrogen) atoms. The summed E-state index contributed by atoms with van der Waals surface area (Å²) in [6, 6.07) is 7.36. The number of nitrogens with zero attached hydrogens (tertiary/aromatic N) is 1. The Morgan fingerprint density at radius 3 is 2.85 bits per heavy atom. The van der Waals surface area contributed by atoms with E-state index in [1.54, 1.807) is 6.07 Å². The number of rotatable bonds is 0. The molecule has 0 radical (unpaired) electrons. The van der Waals surface area contributed by atoms with Gasteiger partial charge in [-0.05, 0) is 11.6 Å². The maximum Gasteiger partial charge on any atom is 0.238 e. The fourth-order valence-corrected chi connectivity index (χ4v) is 1.52. The van der Waals surface area contributed by atoms with Gasteiger partial charge in [-0.2, -0.15) is 0 Å². The van der Waals surface area contributed by atoms with E-state index in [0.29, 0.717) is 6.42 Å². The third kappa shape index (κ3) is 1.07. The van der Waals surface area contributed by atoms with Crippen molar-refractivity contribution in [2.45, 2.75) is 6.42 Å². The molecule has 1 aromatic rings. The van der Waals surface area contributed by atoms with Crippen molar-refractivity contribution in [3.63, 3.8) is 0 Å². The average molecular weight is 175 g/mol. The van der Waals surface area contributed by atoms with Crippen LogP contribution in [-0.2, 0) is 11.2 Å². The molecule has 0 bridgehead atoms. The summed E-state index contributed by atoms with van der Waals surface area (Å²) >= 11 is 0. The van der Waals surface area contributed by atoms with Crippen molar-refractivity contribution in [1.82, 2.24) is 0 Å². The van der Waals surface area contributed by atoms with Gasteiger partial charge in [0.25, 0.3) is 0 Å². The molecule has 4 heteroatoms. The molecular weight excluding hydrogens is 166 g/mol. The van der Waals surface area contributed by atoms with Gasteiger partial charge in [-0.25, -0.2) is 0 Å². The Morgan fingerprint density at radius 1 is 1.46 bits per heavy atom. The molecule has 1 aromatic carbocycles. The molecule has 0 aliphatic carbocycles. The van der Waals surface area contributed by atoms with E-state index in [1.165, 1.54) is 4.90 Å². The molecular formula is C9H9N3O. The first-order valence-corrected chi connectivity index (χ1v) is 3.95. The molecule has 3 N–H and O–H groups in total. The highest BCUT2D eigenvalue weighted by Gasteiger charge is 2.28. The Bertz CT molecular complexity index is 386. The van der Waals surface area contributed by atoms with Crippen LogP contribution in [-0.4, -0.2) is 11.9 Å². The van der Waals surface area contributed by atoms with Crippen molar-refractivity contribution in [3.05, 3.63) is 29.8 Å². The number of nitrogens with two attached hydrogens (primary N) is 1. The van der Waals surface area contributed by atoms with Gasteiger partial charge in [-0.15, -0.1) is 0 Å². The fourth-order valence-electron chi connectivity index (χ4n) is 1.52. The van der Waals surface area contributed by atoms with Gasteiger partial charge in [0.15, 0.2) is 5.96 Å². The second-order valence-corrected chi connectivity index (χ2v) is 2.92. The van der Waals surface area contributed by atoms with Crippen LogP contribution in [0.1, 0.15) is 5.56 Å². The minimum atomic E-state index is -0.213. The van der Waals surface area contributed by atoms with E-state index in [2.05, 4.69) is 0 Å². The number of hydrogen-bond acceptors (Lipinski definition) is 2. The highest BCUT2D eigenvalue weighted by molar-refractivity contribution is 6.18. The smallest absolute Gasteiger partial charge is 0.238 e. The number of amides is 1. The Labute approximate surface area is 75.5 Å². The summed E-state index contributed by atoms with van der Waals surface area (Å²) < 4.78 is 0. The molecule has 66 valence electrons. The summed E-state index contributed by atoms with van der Waals surface area (Å²) in [5, 5.41) is 7.24. The quantitative estimate of drug-likeness (QED) is 0.444. The summed E-state index contributed by atoms with van der Waals surface area (Å²) in [5.41, 5.74) is 6.96. The topological polar surface area (TPSA) is 70.2 Å². The van der Waals surface area contributed by atoms with Gasteiger partial charge in [-0.1, -0.05) is 18.2 Å². The van der Waals surface area contributed by atoms with Crippen molar-refractivity contribution in [2.75, 3.05) is 4.90 Å². The zero-order chi connectivity index (χ0) is 9.42. The van der Waals surface area contributed by atoms with Gasteiger partial charge >= 0.3 is 0 Å². The molecule has 0 spiro atoms. The second-order valence-electron chi connectivity index (χ2n) is 2.92. The summed E-state index contributed by atoms with van der Waals surface area (Å²) in [4.78, 5) is 12.6. The zero-order valence-electron chi connectivity index (χ0n) is 6.95. The molecule has 0 atom stereocenters. The SMILES string of the molecule is N=C(N)N1C(=O)Cc2ccccc21. The van der Waals surface area contributed by atoms with E-state index in [-0.39, 0.29) is 11.9 Å². The van der Waals surface area contributed by atoms with E-state index in [1.807, 2.05) is 18.2 Å². The van der Waals surface area contributed by atoms with Crippen LogP contribution >= 0.6 is 0 Å². The number of anilines is 1. The van der Waals surface area contributed by atoms with Crippen molar-refractivity contribution >= 4 is 17.6 Å². The van der Waals surface area contributed by atoms with Gasteiger partial charge in [0.05, 0.1) is 12.1 Å². The third-order valence-corrected chi connectivity index (χ3v) is 2.06. The predicted molar refractivity (Wildman–Crippen MR) is 49.5 cm³/mol. The first kappa shape index (κ1) is 7.79. The van der Waals surface area contributed by atoms with Crippen LogP contribution in [0, 0.1) is 5.41 Å². The number of fused-ring (bicyclic) bond motifs is 1. The molecule has 0 saturated heterocycles. The van der Waals surface area contributed by atoms with E-state index < -0.39 is 0 Å². The van der Waals surface area contributed by atoms with Gasteiger partial charge < -0.3 is 5.73 Å². The minimum absolute atomic E-state index is 0.131. The number of benzene rings is 1. The highest BCUT2D eigenvalue weighted by Crippen LogP contribution is 2.27. The maximum absolute atomic E-state index is 11.4. The largest absolute Gasteiger partial charge is 0.369 e. The number of nitrogens with one attached hydrogen (secondary N) is 1. The number of para-hydroxylation sites is 1.